The van der Waals surface area contributed by atoms with Crippen LogP contribution < -0.4 is 5.32 Å². The summed E-state index contributed by atoms with van der Waals surface area (Å²) in [4.78, 5) is 0. The number of piperidine rings is 2. The van der Waals surface area contributed by atoms with E-state index in [0.717, 1.165) is 24.5 Å². The van der Waals surface area contributed by atoms with Crippen LogP contribution in [0.4, 0.5) is 0 Å². The zero-order chi connectivity index (χ0) is 19.8. The van der Waals surface area contributed by atoms with Gasteiger partial charge in [0.15, 0.2) is 0 Å². The highest BCUT2D eigenvalue weighted by molar-refractivity contribution is 8.13. The van der Waals surface area contributed by atoms with E-state index in [9.17, 15) is 16.8 Å². The predicted molar refractivity (Wildman–Crippen MR) is 113 cm³/mol. The molecule has 160 valence electrons. The Labute approximate surface area is 166 Å². The van der Waals surface area contributed by atoms with Crippen molar-refractivity contribution >= 4 is 29.8 Å². The molecule has 0 bridgehead atoms. The van der Waals surface area contributed by atoms with Crippen molar-refractivity contribution in [1.29, 1.82) is 0 Å². The first-order valence-corrected chi connectivity index (χ1v) is 13.3. The van der Waals surface area contributed by atoms with Gasteiger partial charge in [0.2, 0.25) is 19.1 Å². The maximum Gasteiger partial charge on any atom is 0.229 e. The van der Waals surface area contributed by atoms with E-state index in [1.807, 2.05) is 0 Å². The van der Waals surface area contributed by atoms with Crippen molar-refractivity contribution in [3.8, 4) is 0 Å². The summed E-state index contributed by atoms with van der Waals surface area (Å²) in [5.41, 5.74) is 0. The maximum absolute atomic E-state index is 11.2. The van der Waals surface area contributed by atoms with Crippen LogP contribution in [0.2, 0.25) is 0 Å². The van der Waals surface area contributed by atoms with Gasteiger partial charge >= 0.3 is 0 Å². The van der Waals surface area contributed by atoms with E-state index in [1.165, 1.54) is 25.8 Å². The SMILES string of the molecule is C.CC1CC(C)CN(S(C)(=O)=O)C1.CC1CNCC(C)C1.CS(=O)(=O)Cl. The number of hydrogen-bond donors (Lipinski definition) is 1. The normalized spacial score (nSPS) is 30.0. The molecule has 2 heterocycles. The number of nitrogens with one attached hydrogen (secondary N) is 1. The van der Waals surface area contributed by atoms with Crippen molar-refractivity contribution in [2.75, 3.05) is 38.7 Å². The Morgan fingerprint density at radius 2 is 1.12 bits per heavy atom. The third-order valence-electron chi connectivity index (χ3n) is 4.09. The molecule has 1 N–H and O–H groups in total. The third kappa shape index (κ3) is 16.3. The number of halogens is 1. The molecule has 2 aliphatic rings. The minimum atomic E-state index is -3.19. The second-order valence-corrected chi connectivity index (χ2v) is 12.8. The molecule has 9 heteroatoms. The number of hydrogen-bond acceptors (Lipinski definition) is 5. The summed E-state index contributed by atoms with van der Waals surface area (Å²) in [5, 5.41) is 3.38. The number of rotatable bonds is 1. The molecule has 4 unspecified atom stereocenters. The van der Waals surface area contributed by atoms with Crippen molar-refractivity contribution in [3.63, 3.8) is 0 Å². The van der Waals surface area contributed by atoms with Crippen LogP contribution in [0.1, 0.15) is 48.0 Å². The molecular weight excluding hydrogens is 396 g/mol. The molecule has 2 fully saturated rings. The van der Waals surface area contributed by atoms with Crippen LogP contribution in [0, 0.1) is 23.7 Å². The molecule has 26 heavy (non-hydrogen) atoms. The van der Waals surface area contributed by atoms with Gasteiger partial charge in [-0.05, 0) is 49.6 Å². The fraction of sp³-hybridized carbons (Fsp3) is 1.00. The topological polar surface area (TPSA) is 83.6 Å². The molecular formula is C17H39ClN2O4S2. The molecule has 2 aliphatic heterocycles. The van der Waals surface area contributed by atoms with Crippen molar-refractivity contribution in [3.05, 3.63) is 0 Å². The Hall–Kier alpha value is 0.110. The second-order valence-electron chi connectivity index (χ2n) is 7.81. The van der Waals surface area contributed by atoms with Crippen LogP contribution >= 0.6 is 10.7 Å². The van der Waals surface area contributed by atoms with E-state index in [-0.39, 0.29) is 7.43 Å². The summed E-state index contributed by atoms with van der Waals surface area (Å²) in [6, 6.07) is 0. The lowest BCUT2D eigenvalue weighted by Crippen LogP contribution is -2.41. The minimum absolute atomic E-state index is 0. The first-order valence-electron chi connectivity index (χ1n) is 8.73. The molecule has 0 amide bonds. The summed E-state index contributed by atoms with van der Waals surface area (Å²) < 4.78 is 42.8. The second kappa shape index (κ2) is 12.5. The summed E-state index contributed by atoms with van der Waals surface area (Å²) in [7, 11) is -1.65. The standard InChI is InChI=1S/C8H17NO2S.C7H15N.CH3ClO2S.CH4/c1-7-4-8(2)6-9(5-7)12(3,10)11;1-6-3-7(2)5-8-4-6;1-5(2,3)4;/h7-8H,4-6H2,1-3H3;6-8H,3-5H2,1-2H3;1H3;1H4. The molecule has 2 rings (SSSR count). The summed E-state index contributed by atoms with van der Waals surface area (Å²) in [5.74, 6) is 2.81. The average molecular weight is 435 g/mol. The van der Waals surface area contributed by atoms with Crippen LogP contribution in [-0.2, 0) is 19.1 Å². The first kappa shape index (κ1) is 28.3. The highest BCUT2D eigenvalue weighted by Gasteiger charge is 2.27. The van der Waals surface area contributed by atoms with Crippen molar-refractivity contribution in [2.45, 2.75) is 48.0 Å². The fourth-order valence-electron chi connectivity index (χ4n) is 3.31. The van der Waals surface area contributed by atoms with E-state index in [4.69, 9.17) is 0 Å². The summed E-state index contributed by atoms with van der Waals surface area (Å²) in [6.07, 6.45) is 4.77. The predicted octanol–water partition coefficient (Wildman–Crippen LogP) is 3.00. The van der Waals surface area contributed by atoms with Crippen molar-refractivity contribution in [1.82, 2.24) is 9.62 Å². The van der Waals surface area contributed by atoms with Gasteiger partial charge in [-0.2, -0.15) is 0 Å². The molecule has 6 nitrogen and oxygen atoms in total. The van der Waals surface area contributed by atoms with Crippen molar-refractivity contribution < 1.29 is 16.8 Å². The lowest BCUT2D eigenvalue weighted by Gasteiger charge is -2.32. The van der Waals surface area contributed by atoms with Gasteiger partial charge in [0.25, 0.3) is 0 Å². The van der Waals surface area contributed by atoms with Crippen LogP contribution in [0.5, 0.6) is 0 Å². The molecule has 0 aromatic rings. The summed E-state index contributed by atoms with van der Waals surface area (Å²) >= 11 is 0. The molecule has 4 atom stereocenters. The lowest BCUT2D eigenvalue weighted by atomic mass is 9.94. The molecule has 0 radical (unpaired) electrons. The van der Waals surface area contributed by atoms with E-state index >= 15 is 0 Å². The Morgan fingerprint density at radius 1 is 0.808 bits per heavy atom. The van der Waals surface area contributed by atoms with Crippen LogP contribution in [0.25, 0.3) is 0 Å². The van der Waals surface area contributed by atoms with E-state index in [0.29, 0.717) is 24.9 Å². The van der Waals surface area contributed by atoms with Crippen LogP contribution in [0.3, 0.4) is 0 Å². The van der Waals surface area contributed by atoms with Gasteiger partial charge in [-0.3, -0.25) is 0 Å². The molecule has 0 aromatic carbocycles. The first-order chi connectivity index (χ1) is 11.2. The Balaban J connectivity index is 0. The highest BCUT2D eigenvalue weighted by atomic mass is 35.7. The van der Waals surface area contributed by atoms with E-state index < -0.39 is 19.1 Å². The van der Waals surface area contributed by atoms with Gasteiger partial charge in [-0.1, -0.05) is 35.1 Å². The molecule has 0 spiro atoms. The zero-order valence-corrected chi connectivity index (χ0v) is 18.7. The largest absolute Gasteiger partial charge is 0.316 e. The molecule has 0 aromatic heterocycles. The molecule has 0 aliphatic carbocycles. The van der Waals surface area contributed by atoms with E-state index in [1.54, 1.807) is 4.31 Å². The molecule has 2 saturated heterocycles. The van der Waals surface area contributed by atoms with Gasteiger partial charge < -0.3 is 5.32 Å². The molecule has 0 saturated carbocycles. The highest BCUT2D eigenvalue weighted by Crippen LogP contribution is 2.22. The maximum atomic E-state index is 11.2. The minimum Gasteiger partial charge on any atom is -0.316 e. The van der Waals surface area contributed by atoms with Gasteiger partial charge in [0.05, 0.1) is 12.5 Å². The fourth-order valence-corrected chi connectivity index (χ4v) is 4.36. The third-order valence-corrected chi connectivity index (χ3v) is 5.33. The zero-order valence-electron chi connectivity index (χ0n) is 16.3. The Morgan fingerprint density at radius 3 is 1.35 bits per heavy atom. The number of nitrogens with zero attached hydrogens (tertiary/aromatic N) is 1. The summed E-state index contributed by atoms with van der Waals surface area (Å²) in [6.45, 7) is 12.7. The van der Waals surface area contributed by atoms with Gasteiger partial charge in [-0.25, -0.2) is 21.1 Å². The Kier molecular flexibility index (Phi) is 13.7. The van der Waals surface area contributed by atoms with Gasteiger partial charge in [0, 0.05) is 23.8 Å². The quantitative estimate of drug-likeness (QED) is 0.641. The smallest absolute Gasteiger partial charge is 0.229 e. The average Bonchev–Trinajstić information content (AvgIpc) is 2.34. The van der Waals surface area contributed by atoms with E-state index in [2.05, 4.69) is 43.7 Å². The Bertz CT molecular complexity index is 556. The van der Waals surface area contributed by atoms with Crippen molar-refractivity contribution in [2.24, 2.45) is 23.7 Å². The lowest BCUT2D eigenvalue weighted by molar-refractivity contribution is 0.223. The van der Waals surface area contributed by atoms with Crippen LogP contribution in [0.15, 0.2) is 0 Å². The van der Waals surface area contributed by atoms with Gasteiger partial charge in [-0.15, -0.1) is 0 Å². The number of sulfonamides is 1. The van der Waals surface area contributed by atoms with Crippen LogP contribution in [-0.4, -0.2) is 59.8 Å². The van der Waals surface area contributed by atoms with Gasteiger partial charge in [0.1, 0.15) is 0 Å². The monoisotopic (exact) mass is 434 g/mol.